The van der Waals surface area contributed by atoms with E-state index in [0.717, 1.165) is 30.0 Å². The van der Waals surface area contributed by atoms with E-state index in [1.54, 1.807) is 24.4 Å². The van der Waals surface area contributed by atoms with E-state index < -0.39 is 0 Å². The van der Waals surface area contributed by atoms with Gasteiger partial charge in [-0.2, -0.15) is 0 Å². The maximum Gasteiger partial charge on any atom is 0.272 e. The molecular formula is C32H30N10O2. The summed E-state index contributed by atoms with van der Waals surface area (Å²) >= 11 is 0. The fourth-order valence-corrected chi connectivity index (χ4v) is 5.08. The first-order chi connectivity index (χ1) is 21.5. The molecule has 4 heterocycles. The highest BCUT2D eigenvalue weighted by atomic mass is 16.3. The number of nitrogen functional groups attached to an aromatic ring is 1. The number of hydrogen-bond donors (Lipinski definition) is 3. The van der Waals surface area contributed by atoms with Crippen LogP contribution in [0.2, 0.25) is 0 Å². The first-order valence-electron chi connectivity index (χ1n) is 14.2. The second-order valence-electron chi connectivity index (χ2n) is 10.3. The number of aromatic nitrogens is 6. The summed E-state index contributed by atoms with van der Waals surface area (Å²) in [5.41, 5.74) is 9.80. The maximum absolute atomic E-state index is 12.5. The van der Waals surface area contributed by atoms with Crippen LogP contribution in [0.25, 0.3) is 22.3 Å². The number of hydrogen-bond acceptors (Lipinski definition) is 11. The summed E-state index contributed by atoms with van der Waals surface area (Å²) in [6.45, 7) is 4.38. The summed E-state index contributed by atoms with van der Waals surface area (Å²) in [4.78, 5) is 34.6. The number of fused-ring (bicyclic) bond motifs is 1. The van der Waals surface area contributed by atoms with Crippen LogP contribution in [0.1, 0.15) is 29.7 Å². The molecule has 2 aromatic carbocycles. The predicted octanol–water partition coefficient (Wildman–Crippen LogP) is 3.05. The van der Waals surface area contributed by atoms with Crippen molar-refractivity contribution in [3.63, 3.8) is 0 Å². The lowest BCUT2D eigenvalue weighted by Crippen LogP contribution is -2.35. The molecule has 3 aromatic heterocycles. The number of anilines is 3. The van der Waals surface area contributed by atoms with Crippen molar-refractivity contribution in [2.24, 2.45) is 0 Å². The van der Waals surface area contributed by atoms with Crippen molar-refractivity contribution < 1.29 is 9.90 Å². The SMILES string of the molecule is C[C@H]1CCN(c2cc(-c3ccccc3O)nnc2N)CCN1c1ccnc(C#CCNC(=O)c2cnc3ccccc3n2)n1. The number of aromatic hydroxyl groups is 1. The number of nitrogens with two attached hydrogens (primary N) is 1. The van der Waals surface area contributed by atoms with E-state index in [0.29, 0.717) is 41.5 Å². The number of benzene rings is 2. The number of carbonyl (C=O) groups is 1. The van der Waals surface area contributed by atoms with Gasteiger partial charge in [0, 0.05) is 37.4 Å². The van der Waals surface area contributed by atoms with Gasteiger partial charge in [0.1, 0.15) is 17.3 Å². The molecule has 0 radical (unpaired) electrons. The number of nitrogens with zero attached hydrogens (tertiary/aromatic N) is 8. The normalized spacial score (nSPS) is 14.9. The van der Waals surface area contributed by atoms with Crippen molar-refractivity contribution in [1.29, 1.82) is 0 Å². The fourth-order valence-electron chi connectivity index (χ4n) is 5.08. The molecule has 0 bridgehead atoms. The zero-order chi connectivity index (χ0) is 30.5. The Morgan fingerprint density at radius 2 is 1.84 bits per heavy atom. The molecule has 1 fully saturated rings. The molecular weight excluding hydrogens is 556 g/mol. The number of phenols is 1. The Morgan fingerprint density at radius 3 is 2.70 bits per heavy atom. The molecule has 4 N–H and O–H groups in total. The number of rotatable bonds is 5. The van der Waals surface area contributed by atoms with E-state index >= 15 is 0 Å². The van der Waals surface area contributed by atoms with Gasteiger partial charge in [0.25, 0.3) is 5.91 Å². The number of nitrogens with one attached hydrogen (secondary N) is 1. The Balaban J connectivity index is 1.11. The van der Waals surface area contributed by atoms with E-state index in [2.05, 4.69) is 64.0 Å². The van der Waals surface area contributed by atoms with Crippen LogP contribution in [0.4, 0.5) is 17.3 Å². The van der Waals surface area contributed by atoms with Crippen LogP contribution in [0.5, 0.6) is 5.75 Å². The highest BCUT2D eigenvalue weighted by molar-refractivity contribution is 5.93. The van der Waals surface area contributed by atoms with Crippen molar-refractivity contribution in [3.05, 3.63) is 84.6 Å². The van der Waals surface area contributed by atoms with Gasteiger partial charge >= 0.3 is 0 Å². The third kappa shape index (κ3) is 6.17. The van der Waals surface area contributed by atoms with Crippen molar-refractivity contribution in [1.82, 2.24) is 35.5 Å². The zero-order valence-electron chi connectivity index (χ0n) is 24.1. The molecule has 0 spiro atoms. The summed E-state index contributed by atoms with van der Waals surface area (Å²) in [5.74, 6) is 7.13. The van der Waals surface area contributed by atoms with E-state index in [4.69, 9.17) is 5.73 Å². The molecule has 1 aliphatic heterocycles. The number of para-hydroxylation sites is 3. The molecule has 5 aromatic rings. The Bertz CT molecular complexity index is 1890. The number of phenolic OH excluding ortho intramolecular Hbond substituents is 1. The van der Waals surface area contributed by atoms with E-state index in [-0.39, 0.29) is 29.9 Å². The minimum absolute atomic E-state index is 0.111. The van der Waals surface area contributed by atoms with Crippen LogP contribution in [0, 0.1) is 11.8 Å². The Kier molecular flexibility index (Phi) is 8.09. The number of amides is 1. The van der Waals surface area contributed by atoms with E-state index in [9.17, 15) is 9.90 Å². The van der Waals surface area contributed by atoms with Crippen LogP contribution in [0.15, 0.2) is 73.1 Å². The van der Waals surface area contributed by atoms with Crippen molar-refractivity contribution >= 4 is 34.3 Å². The van der Waals surface area contributed by atoms with Crippen LogP contribution in [0.3, 0.4) is 0 Å². The standard InChI is InChI=1S/C32H30N10O2/c1-21-13-16-41(27-19-25(39-40-31(27)33)22-7-2-5-10-28(22)43)17-18-42(21)30-12-15-34-29(38-30)11-6-14-35-32(44)26-20-36-23-8-3-4-9-24(23)37-26/h2-5,7-10,12,15,19-21,43H,13-14,16-18H2,1H3,(H2,33,40)(H,35,44)/t21-/m0/s1. The topological polar surface area (TPSA) is 159 Å². The molecule has 1 atom stereocenters. The second-order valence-corrected chi connectivity index (χ2v) is 10.3. The largest absolute Gasteiger partial charge is 0.507 e. The van der Waals surface area contributed by atoms with Crippen LogP contribution < -0.4 is 20.9 Å². The van der Waals surface area contributed by atoms with Crippen molar-refractivity contribution in [3.8, 4) is 28.8 Å². The molecule has 1 aliphatic rings. The minimum Gasteiger partial charge on any atom is -0.507 e. The van der Waals surface area contributed by atoms with Gasteiger partial charge in [-0.3, -0.25) is 9.78 Å². The maximum atomic E-state index is 12.5. The quantitative estimate of drug-likeness (QED) is 0.260. The smallest absolute Gasteiger partial charge is 0.272 e. The summed E-state index contributed by atoms with van der Waals surface area (Å²) in [6, 6.07) is 18.3. The predicted molar refractivity (Wildman–Crippen MR) is 168 cm³/mol. The molecule has 12 heteroatoms. The summed E-state index contributed by atoms with van der Waals surface area (Å²) in [6.07, 6.45) is 3.99. The van der Waals surface area contributed by atoms with Gasteiger partial charge in [0.2, 0.25) is 5.82 Å². The van der Waals surface area contributed by atoms with Gasteiger partial charge in [-0.25, -0.2) is 15.0 Å². The zero-order valence-corrected chi connectivity index (χ0v) is 24.1. The molecule has 0 saturated carbocycles. The third-order valence-corrected chi connectivity index (χ3v) is 7.44. The van der Waals surface area contributed by atoms with Crippen LogP contribution in [-0.2, 0) is 0 Å². The van der Waals surface area contributed by atoms with Crippen molar-refractivity contribution in [2.45, 2.75) is 19.4 Å². The molecule has 1 saturated heterocycles. The van der Waals surface area contributed by atoms with Gasteiger partial charge in [0.15, 0.2) is 5.82 Å². The van der Waals surface area contributed by atoms with Gasteiger partial charge < -0.3 is 26.0 Å². The van der Waals surface area contributed by atoms with Gasteiger partial charge in [0.05, 0.1) is 35.2 Å². The van der Waals surface area contributed by atoms with E-state index in [1.165, 1.54) is 6.20 Å². The highest BCUT2D eigenvalue weighted by Crippen LogP contribution is 2.32. The lowest BCUT2D eigenvalue weighted by molar-refractivity contribution is 0.0953. The molecule has 12 nitrogen and oxygen atoms in total. The molecule has 220 valence electrons. The van der Waals surface area contributed by atoms with Gasteiger partial charge in [-0.15, -0.1) is 10.2 Å². The Morgan fingerprint density at radius 1 is 1.02 bits per heavy atom. The van der Waals surface area contributed by atoms with Gasteiger partial charge in [-0.05, 0) is 55.7 Å². The first-order valence-corrected chi connectivity index (χ1v) is 14.2. The molecule has 0 unspecified atom stereocenters. The molecule has 0 aliphatic carbocycles. The fraction of sp³-hybridized carbons (Fsp3) is 0.219. The average Bonchev–Trinajstić information content (AvgIpc) is 3.25. The molecule has 6 rings (SSSR count). The summed E-state index contributed by atoms with van der Waals surface area (Å²) in [7, 11) is 0. The minimum atomic E-state index is -0.354. The number of carbonyl (C=O) groups excluding carboxylic acids is 1. The van der Waals surface area contributed by atoms with Crippen LogP contribution >= 0.6 is 0 Å². The Hall–Kier alpha value is -5.83. The highest BCUT2D eigenvalue weighted by Gasteiger charge is 2.24. The van der Waals surface area contributed by atoms with E-state index in [1.807, 2.05) is 42.5 Å². The lowest BCUT2D eigenvalue weighted by atomic mass is 10.1. The van der Waals surface area contributed by atoms with Crippen molar-refractivity contribution in [2.75, 3.05) is 41.7 Å². The summed E-state index contributed by atoms with van der Waals surface area (Å²) < 4.78 is 0. The monoisotopic (exact) mass is 586 g/mol. The first kappa shape index (κ1) is 28.3. The Labute approximate surface area is 254 Å². The van der Waals surface area contributed by atoms with Crippen LogP contribution in [-0.4, -0.2) is 73.4 Å². The average molecular weight is 587 g/mol. The third-order valence-electron chi connectivity index (χ3n) is 7.44. The van der Waals surface area contributed by atoms with Gasteiger partial charge in [-0.1, -0.05) is 30.2 Å². The lowest BCUT2D eigenvalue weighted by Gasteiger charge is -2.28. The second kappa shape index (κ2) is 12.6. The molecule has 44 heavy (non-hydrogen) atoms. The molecule has 1 amide bonds. The summed E-state index contributed by atoms with van der Waals surface area (Å²) in [5, 5.41) is 21.4.